The summed E-state index contributed by atoms with van der Waals surface area (Å²) < 4.78 is 11.2. The van der Waals surface area contributed by atoms with Crippen LogP contribution in [0.15, 0.2) is 132 Å². The Kier molecular flexibility index (Phi) is 4.57. The van der Waals surface area contributed by atoms with E-state index in [4.69, 9.17) is 14.4 Å². The second-order valence-electron chi connectivity index (χ2n) is 11.0. The molecule has 0 spiro atoms. The summed E-state index contributed by atoms with van der Waals surface area (Å²) in [5.74, 6) is 0.631. The first-order chi connectivity index (χ1) is 21.3. The number of aromatic nitrogens is 3. The van der Waals surface area contributed by atoms with E-state index in [0.29, 0.717) is 11.5 Å². The molecule has 4 aromatic heterocycles. The molecule has 0 saturated heterocycles. The molecule has 0 aliphatic carbocycles. The minimum absolute atomic E-state index is 0.631. The zero-order chi connectivity index (χ0) is 28.1. The normalized spacial score (nSPS) is 12.2. The Morgan fingerprint density at radius 3 is 2.16 bits per heavy atom. The molecule has 4 heterocycles. The Labute approximate surface area is 249 Å². The lowest BCUT2D eigenvalue weighted by atomic mass is 10.1. The lowest BCUT2D eigenvalue weighted by Gasteiger charge is -2.10. The topological polar surface area (TPSA) is 43.9 Å². The molecule has 0 unspecified atom stereocenters. The Bertz CT molecular complexity index is 2750. The van der Waals surface area contributed by atoms with Crippen LogP contribution in [-0.4, -0.2) is 14.5 Å². The van der Waals surface area contributed by atoms with Gasteiger partial charge in [-0.15, -0.1) is 11.3 Å². The lowest BCUT2D eigenvalue weighted by Crippen LogP contribution is -2.02. The summed E-state index contributed by atoms with van der Waals surface area (Å²) in [6.07, 6.45) is 0. The Morgan fingerprint density at radius 1 is 0.535 bits per heavy atom. The van der Waals surface area contributed by atoms with E-state index >= 15 is 0 Å². The number of nitrogens with zero attached hydrogens (tertiary/aromatic N) is 3. The largest absolute Gasteiger partial charge is 0.452 e. The number of hydrogen-bond donors (Lipinski definition) is 0. The number of thiophene rings is 1. The molecule has 10 rings (SSSR count). The highest BCUT2D eigenvalue weighted by Gasteiger charge is 2.21. The maximum absolute atomic E-state index is 6.48. The van der Waals surface area contributed by atoms with Gasteiger partial charge in [0.2, 0.25) is 5.95 Å². The van der Waals surface area contributed by atoms with Gasteiger partial charge in [0.25, 0.3) is 0 Å². The van der Waals surface area contributed by atoms with Gasteiger partial charge in [0, 0.05) is 41.9 Å². The monoisotopic (exact) mass is 567 g/mol. The first kappa shape index (κ1) is 23.1. The molecule has 0 bridgehead atoms. The van der Waals surface area contributed by atoms with E-state index in [1.807, 2.05) is 29.5 Å². The average molecular weight is 568 g/mol. The van der Waals surface area contributed by atoms with Crippen LogP contribution in [0, 0.1) is 0 Å². The van der Waals surface area contributed by atoms with Crippen LogP contribution in [0.1, 0.15) is 0 Å². The molecular formula is C38H21N3OS. The molecule has 0 aliphatic rings. The van der Waals surface area contributed by atoms with Crippen molar-refractivity contribution in [2.45, 2.75) is 0 Å². The maximum atomic E-state index is 6.48. The van der Waals surface area contributed by atoms with Crippen LogP contribution in [0.2, 0.25) is 0 Å². The molecular weight excluding hydrogens is 547 g/mol. The Morgan fingerprint density at radius 2 is 1.26 bits per heavy atom. The highest BCUT2D eigenvalue weighted by atomic mass is 32.1. The zero-order valence-electron chi connectivity index (χ0n) is 22.8. The van der Waals surface area contributed by atoms with Gasteiger partial charge in [-0.1, -0.05) is 84.9 Å². The molecule has 5 heteroatoms. The molecule has 6 aromatic carbocycles. The van der Waals surface area contributed by atoms with Gasteiger partial charge in [0.15, 0.2) is 5.58 Å². The standard InChI is InChI=1S/C38H21N3OS/c1-2-10-23-20-31-29(19-22(23)9-1)25-11-3-6-14-30(25)41(31)38-39-35(37-36(40-38)28-13-4-7-15-32(28)42-37)24-17-18-27-26-12-5-8-16-33(26)43-34(27)21-24/h1-21H. The fourth-order valence-corrected chi connectivity index (χ4v) is 7.76. The van der Waals surface area contributed by atoms with Crippen molar-refractivity contribution < 1.29 is 4.42 Å². The highest BCUT2D eigenvalue weighted by Crippen LogP contribution is 2.40. The third kappa shape index (κ3) is 3.25. The quantitative estimate of drug-likeness (QED) is 0.209. The molecule has 0 aliphatic heterocycles. The molecule has 0 amide bonds. The van der Waals surface area contributed by atoms with Crippen molar-refractivity contribution in [2.24, 2.45) is 0 Å². The van der Waals surface area contributed by atoms with E-state index in [9.17, 15) is 0 Å². The summed E-state index contributed by atoms with van der Waals surface area (Å²) in [5, 5.41) is 8.28. The Balaban J connectivity index is 1.33. The van der Waals surface area contributed by atoms with Crippen LogP contribution in [0.3, 0.4) is 0 Å². The number of fused-ring (bicyclic) bond motifs is 10. The van der Waals surface area contributed by atoms with E-state index in [2.05, 4.69) is 114 Å². The summed E-state index contributed by atoms with van der Waals surface area (Å²) in [6, 6.07) is 44.9. The van der Waals surface area contributed by atoms with Gasteiger partial charge in [-0.3, -0.25) is 4.57 Å². The van der Waals surface area contributed by atoms with Gasteiger partial charge in [-0.25, -0.2) is 9.97 Å². The molecule has 43 heavy (non-hydrogen) atoms. The van der Waals surface area contributed by atoms with Gasteiger partial charge < -0.3 is 4.42 Å². The van der Waals surface area contributed by atoms with Crippen molar-refractivity contribution >= 4 is 86.2 Å². The maximum Gasteiger partial charge on any atom is 0.236 e. The highest BCUT2D eigenvalue weighted by molar-refractivity contribution is 7.25. The summed E-state index contributed by atoms with van der Waals surface area (Å²) in [7, 11) is 0. The zero-order valence-corrected chi connectivity index (χ0v) is 23.6. The van der Waals surface area contributed by atoms with Crippen LogP contribution in [0.25, 0.3) is 92.0 Å². The second-order valence-corrected chi connectivity index (χ2v) is 12.1. The molecule has 0 radical (unpaired) electrons. The molecule has 0 fully saturated rings. The van der Waals surface area contributed by atoms with E-state index < -0.39 is 0 Å². The fourth-order valence-electron chi connectivity index (χ4n) is 6.62. The van der Waals surface area contributed by atoms with Crippen molar-refractivity contribution in [3.05, 3.63) is 127 Å². The third-order valence-electron chi connectivity index (χ3n) is 8.60. The van der Waals surface area contributed by atoms with Crippen molar-refractivity contribution in [1.29, 1.82) is 0 Å². The summed E-state index contributed by atoms with van der Waals surface area (Å²) >= 11 is 1.81. The Hall–Kier alpha value is -5.52. The van der Waals surface area contributed by atoms with E-state index in [1.54, 1.807) is 0 Å². The van der Waals surface area contributed by atoms with Crippen molar-refractivity contribution in [2.75, 3.05) is 0 Å². The van der Waals surface area contributed by atoms with Gasteiger partial charge in [-0.05, 0) is 53.2 Å². The van der Waals surface area contributed by atoms with Crippen molar-refractivity contribution in [3.8, 4) is 17.2 Å². The molecule has 0 saturated carbocycles. The molecule has 0 atom stereocenters. The molecule has 10 aromatic rings. The fraction of sp³-hybridized carbons (Fsp3) is 0. The van der Waals surface area contributed by atoms with Gasteiger partial charge in [0.05, 0.1) is 11.0 Å². The van der Waals surface area contributed by atoms with Crippen LogP contribution < -0.4 is 0 Å². The first-order valence-corrected chi connectivity index (χ1v) is 15.2. The average Bonchev–Trinajstić information content (AvgIpc) is 3.72. The number of benzene rings is 6. The van der Waals surface area contributed by atoms with Crippen LogP contribution in [0.5, 0.6) is 0 Å². The van der Waals surface area contributed by atoms with E-state index in [-0.39, 0.29) is 0 Å². The number of para-hydroxylation sites is 2. The number of rotatable bonds is 2. The summed E-state index contributed by atoms with van der Waals surface area (Å²) in [5.41, 5.74) is 6.29. The van der Waals surface area contributed by atoms with Crippen molar-refractivity contribution in [3.63, 3.8) is 0 Å². The minimum atomic E-state index is 0.631. The predicted molar refractivity (Wildman–Crippen MR) is 179 cm³/mol. The van der Waals surface area contributed by atoms with E-state index in [0.717, 1.165) is 38.8 Å². The van der Waals surface area contributed by atoms with Crippen molar-refractivity contribution in [1.82, 2.24) is 14.5 Å². The minimum Gasteiger partial charge on any atom is -0.452 e. The SMILES string of the molecule is c1ccc2cc3c(cc2c1)c1ccccc1n3-c1nc(-c2ccc3c(c2)sc2ccccc23)c2oc3ccccc3c2n1. The summed E-state index contributed by atoms with van der Waals surface area (Å²) in [4.78, 5) is 10.5. The van der Waals surface area contributed by atoms with Crippen LogP contribution in [-0.2, 0) is 0 Å². The first-order valence-electron chi connectivity index (χ1n) is 14.3. The van der Waals surface area contributed by atoms with Crippen LogP contribution in [0.4, 0.5) is 0 Å². The van der Waals surface area contributed by atoms with Gasteiger partial charge >= 0.3 is 0 Å². The molecule has 200 valence electrons. The lowest BCUT2D eigenvalue weighted by molar-refractivity contribution is 0.666. The molecule has 0 N–H and O–H groups in total. The second kappa shape index (κ2) is 8.51. The third-order valence-corrected chi connectivity index (χ3v) is 9.73. The van der Waals surface area contributed by atoms with E-state index in [1.165, 1.54) is 41.7 Å². The predicted octanol–water partition coefficient (Wildman–Crippen LogP) is 10.7. The van der Waals surface area contributed by atoms with Gasteiger partial charge in [0.1, 0.15) is 16.8 Å². The van der Waals surface area contributed by atoms with Crippen LogP contribution >= 0.6 is 11.3 Å². The number of hydrogen-bond acceptors (Lipinski definition) is 4. The molecule has 4 nitrogen and oxygen atoms in total. The van der Waals surface area contributed by atoms with Gasteiger partial charge in [-0.2, -0.15) is 0 Å². The summed E-state index contributed by atoms with van der Waals surface area (Å²) in [6.45, 7) is 0. The number of furan rings is 1. The smallest absolute Gasteiger partial charge is 0.236 e.